The standard InChI is InChI=1S/C20H25N3O6S/c1-14(22-30(26,27)17-7-5-16(28-2)6-8-17)19(24)21-15-9-11-23(12-10-15)20(25)18-4-3-13-29-18/h3-8,13-15,22H,9-12H2,1-2H3,(H,21,24)/t14-/m0/s1. The lowest BCUT2D eigenvalue weighted by Gasteiger charge is -2.32. The predicted molar refractivity (Wildman–Crippen MR) is 109 cm³/mol. The fraction of sp³-hybridized carbons (Fsp3) is 0.400. The number of benzene rings is 1. The topological polar surface area (TPSA) is 118 Å². The van der Waals surface area contributed by atoms with E-state index in [-0.39, 0.29) is 16.8 Å². The van der Waals surface area contributed by atoms with Gasteiger partial charge in [-0.1, -0.05) is 0 Å². The summed E-state index contributed by atoms with van der Waals surface area (Å²) in [7, 11) is -2.35. The molecule has 0 saturated carbocycles. The molecule has 10 heteroatoms. The van der Waals surface area contributed by atoms with E-state index in [1.807, 2.05) is 0 Å². The summed E-state index contributed by atoms with van der Waals surface area (Å²) in [4.78, 5) is 26.5. The van der Waals surface area contributed by atoms with Crippen molar-refractivity contribution in [2.24, 2.45) is 0 Å². The first-order chi connectivity index (χ1) is 14.3. The van der Waals surface area contributed by atoms with Gasteiger partial charge in [0.15, 0.2) is 5.76 Å². The highest BCUT2D eigenvalue weighted by atomic mass is 32.2. The smallest absolute Gasteiger partial charge is 0.289 e. The highest BCUT2D eigenvalue weighted by Crippen LogP contribution is 2.17. The summed E-state index contributed by atoms with van der Waals surface area (Å²) in [5.41, 5.74) is 0. The van der Waals surface area contributed by atoms with Crippen molar-refractivity contribution in [1.82, 2.24) is 14.9 Å². The molecule has 1 aromatic carbocycles. The van der Waals surface area contributed by atoms with Crippen molar-refractivity contribution in [3.8, 4) is 5.75 Å². The zero-order chi connectivity index (χ0) is 21.7. The molecule has 0 bridgehead atoms. The van der Waals surface area contributed by atoms with Crippen LogP contribution in [0.3, 0.4) is 0 Å². The molecule has 1 saturated heterocycles. The van der Waals surface area contributed by atoms with Gasteiger partial charge in [-0.25, -0.2) is 8.42 Å². The first-order valence-corrected chi connectivity index (χ1v) is 11.1. The molecule has 3 rings (SSSR count). The van der Waals surface area contributed by atoms with E-state index < -0.39 is 22.0 Å². The number of nitrogens with one attached hydrogen (secondary N) is 2. The molecule has 1 aliphatic heterocycles. The normalized spacial score (nSPS) is 16.1. The van der Waals surface area contributed by atoms with Gasteiger partial charge in [0.1, 0.15) is 5.75 Å². The third kappa shape index (κ3) is 5.19. The Kier molecular flexibility index (Phi) is 6.78. The number of piperidine rings is 1. The van der Waals surface area contributed by atoms with Gasteiger partial charge < -0.3 is 19.4 Å². The van der Waals surface area contributed by atoms with Crippen LogP contribution < -0.4 is 14.8 Å². The maximum Gasteiger partial charge on any atom is 0.289 e. The van der Waals surface area contributed by atoms with Crippen LogP contribution in [-0.2, 0) is 14.8 Å². The van der Waals surface area contributed by atoms with Gasteiger partial charge in [0, 0.05) is 19.1 Å². The van der Waals surface area contributed by atoms with Gasteiger partial charge in [0.25, 0.3) is 5.91 Å². The zero-order valence-electron chi connectivity index (χ0n) is 16.8. The van der Waals surface area contributed by atoms with Crippen LogP contribution >= 0.6 is 0 Å². The quantitative estimate of drug-likeness (QED) is 0.678. The molecule has 1 atom stereocenters. The van der Waals surface area contributed by atoms with Crippen LogP contribution in [-0.4, -0.2) is 57.4 Å². The number of furan rings is 1. The van der Waals surface area contributed by atoms with Crippen molar-refractivity contribution in [2.45, 2.75) is 36.7 Å². The van der Waals surface area contributed by atoms with Crippen molar-refractivity contribution in [1.29, 1.82) is 0 Å². The van der Waals surface area contributed by atoms with E-state index in [9.17, 15) is 18.0 Å². The Morgan fingerprint density at radius 3 is 2.40 bits per heavy atom. The fourth-order valence-electron chi connectivity index (χ4n) is 3.22. The highest BCUT2D eigenvalue weighted by molar-refractivity contribution is 7.89. The Labute approximate surface area is 175 Å². The number of hydrogen-bond donors (Lipinski definition) is 2. The molecule has 2 N–H and O–H groups in total. The average Bonchev–Trinajstić information content (AvgIpc) is 3.28. The van der Waals surface area contributed by atoms with Gasteiger partial charge in [-0.3, -0.25) is 9.59 Å². The summed E-state index contributed by atoms with van der Waals surface area (Å²) in [6.45, 7) is 2.46. The van der Waals surface area contributed by atoms with Gasteiger partial charge in [-0.05, 0) is 56.2 Å². The molecule has 0 unspecified atom stereocenters. The number of nitrogens with zero attached hydrogens (tertiary/aromatic N) is 1. The third-order valence-corrected chi connectivity index (χ3v) is 6.51. The van der Waals surface area contributed by atoms with E-state index in [4.69, 9.17) is 9.15 Å². The minimum Gasteiger partial charge on any atom is -0.497 e. The Bertz CT molecular complexity index is 964. The largest absolute Gasteiger partial charge is 0.497 e. The second kappa shape index (κ2) is 9.31. The van der Waals surface area contributed by atoms with E-state index in [2.05, 4.69) is 10.0 Å². The van der Waals surface area contributed by atoms with Gasteiger partial charge >= 0.3 is 0 Å². The molecule has 0 spiro atoms. The van der Waals surface area contributed by atoms with E-state index in [1.54, 1.807) is 17.0 Å². The number of rotatable bonds is 7. The van der Waals surface area contributed by atoms with E-state index in [1.165, 1.54) is 44.6 Å². The maximum atomic E-state index is 12.5. The molecular formula is C20H25N3O6S. The summed E-state index contributed by atoms with van der Waals surface area (Å²) in [6.07, 6.45) is 2.61. The van der Waals surface area contributed by atoms with Crippen molar-refractivity contribution >= 4 is 21.8 Å². The molecule has 0 aliphatic carbocycles. The second-order valence-electron chi connectivity index (χ2n) is 7.07. The van der Waals surface area contributed by atoms with Crippen LogP contribution in [0.2, 0.25) is 0 Å². The number of carbonyl (C=O) groups excluding carboxylic acids is 2. The van der Waals surface area contributed by atoms with E-state index >= 15 is 0 Å². The van der Waals surface area contributed by atoms with Crippen LogP contribution in [0.25, 0.3) is 0 Å². The molecular weight excluding hydrogens is 410 g/mol. The van der Waals surface area contributed by atoms with Gasteiger partial charge in [-0.2, -0.15) is 4.72 Å². The van der Waals surface area contributed by atoms with Crippen LogP contribution in [0.1, 0.15) is 30.3 Å². The first kappa shape index (κ1) is 21.8. The molecule has 9 nitrogen and oxygen atoms in total. The van der Waals surface area contributed by atoms with E-state index in [0.717, 1.165) is 0 Å². The summed E-state index contributed by atoms with van der Waals surface area (Å²) in [5.74, 6) is 0.240. The minimum atomic E-state index is -3.85. The number of hydrogen-bond acceptors (Lipinski definition) is 6. The molecule has 0 radical (unpaired) electrons. The summed E-state index contributed by atoms with van der Waals surface area (Å²) in [5, 5.41) is 2.86. The lowest BCUT2D eigenvalue weighted by molar-refractivity contribution is -0.123. The lowest BCUT2D eigenvalue weighted by Crippen LogP contribution is -2.51. The summed E-state index contributed by atoms with van der Waals surface area (Å²) < 4.78 is 37.5. The summed E-state index contributed by atoms with van der Waals surface area (Å²) in [6, 6.07) is 8.11. The number of carbonyl (C=O) groups is 2. The number of amides is 2. The van der Waals surface area contributed by atoms with Gasteiger partial charge in [-0.15, -0.1) is 0 Å². The van der Waals surface area contributed by atoms with Crippen LogP contribution in [0, 0.1) is 0 Å². The van der Waals surface area contributed by atoms with Gasteiger partial charge in [0.05, 0.1) is 24.3 Å². The molecule has 1 aromatic heterocycles. The highest BCUT2D eigenvalue weighted by Gasteiger charge is 2.28. The van der Waals surface area contributed by atoms with Crippen LogP contribution in [0.15, 0.2) is 52.0 Å². The van der Waals surface area contributed by atoms with Gasteiger partial charge in [0.2, 0.25) is 15.9 Å². The van der Waals surface area contributed by atoms with Crippen molar-refractivity contribution in [2.75, 3.05) is 20.2 Å². The lowest BCUT2D eigenvalue weighted by atomic mass is 10.0. The van der Waals surface area contributed by atoms with Crippen molar-refractivity contribution in [3.05, 3.63) is 48.4 Å². The number of sulfonamides is 1. The molecule has 2 heterocycles. The third-order valence-electron chi connectivity index (χ3n) is 4.96. The molecule has 1 aliphatic rings. The second-order valence-corrected chi connectivity index (χ2v) is 8.78. The van der Waals surface area contributed by atoms with E-state index in [0.29, 0.717) is 37.4 Å². The minimum absolute atomic E-state index is 0.0488. The Morgan fingerprint density at radius 2 is 1.83 bits per heavy atom. The molecule has 162 valence electrons. The van der Waals surface area contributed by atoms with Crippen LogP contribution in [0.5, 0.6) is 5.75 Å². The summed E-state index contributed by atoms with van der Waals surface area (Å²) >= 11 is 0. The molecule has 2 amide bonds. The first-order valence-electron chi connectivity index (χ1n) is 9.59. The maximum absolute atomic E-state index is 12.5. The molecule has 1 fully saturated rings. The number of likely N-dealkylation sites (tertiary alicyclic amines) is 1. The Balaban J connectivity index is 1.50. The Hall–Kier alpha value is -2.85. The molecule has 30 heavy (non-hydrogen) atoms. The number of methoxy groups -OCH3 is 1. The SMILES string of the molecule is COc1ccc(S(=O)(=O)N[C@@H](C)C(=O)NC2CCN(C(=O)c3ccco3)CC2)cc1. The number of ether oxygens (including phenoxy) is 1. The predicted octanol–water partition coefficient (Wildman–Crippen LogP) is 1.38. The van der Waals surface area contributed by atoms with Crippen molar-refractivity contribution < 1.29 is 27.2 Å². The van der Waals surface area contributed by atoms with Crippen LogP contribution in [0.4, 0.5) is 0 Å². The average molecular weight is 436 g/mol. The molecule has 2 aromatic rings. The zero-order valence-corrected chi connectivity index (χ0v) is 17.6. The Morgan fingerprint density at radius 1 is 1.17 bits per heavy atom. The fourth-order valence-corrected chi connectivity index (χ4v) is 4.42. The van der Waals surface area contributed by atoms with Crippen molar-refractivity contribution in [3.63, 3.8) is 0 Å². The monoisotopic (exact) mass is 435 g/mol.